The van der Waals surface area contributed by atoms with E-state index in [0.717, 1.165) is 5.69 Å². The van der Waals surface area contributed by atoms with Crippen LogP contribution in [-0.2, 0) is 12.7 Å². The van der Waals surface area contributed by atoms with Gasteiger partial charge in [-0.05, 0) is 13.8 Å². The number of nitrogens with zero attached hydrogens (tertiary/aromatic N) is 2. The molecule has 0 aromatic carbocycles. The van der Waals surface area contributed by atoms with Gasteiger partial charge < -0.3 is 5.73 Å². The van der Waals surface area contributed by atoms with Crippen LogP contribution in [0.5, 0.6) is 0 Å². The molecule has 1 atom stereocenters. The molecule has 12 heavy (non-hydrogen) atoms. The van der Waals surface area contributed by atoms with Gasteiger partial charge in [-0.15, -0.1) is 0 Å². The molecule has 3 nitrogen and oxygen atoms in total. The fourth-order valence-electron chi connectivity index (χ4n) is 1.12. The molecule has 0 spiro atoms. The Balaban J connectivity index is 3.11. The number of aryl methyl sites for hydroxylation is 1. The van der Waals surface area contributed by atoms with Crippen molar-refractivity contribution in [1.29, 1.82) is 0 Å². The lowest BCUT2D eigenvalue weighted by Crippen LogP contribution is -2.27. The van der Waals surface area contributed by atoms with Crippen molar-refractivity contribution in [2.24, 2.45) is 12.8 Å². The summed E-state index contributed by atoms with van der Waals surface area (Å²) in [5.74, 6) is 0. The summed E-state index contributed by atoms with van der Waals surface area (Å²) in [4.78, 5) is 0. The van der Waals surface area contributed by atoms with Gasteiger partial charge in [-0.25, -0.2) is 4.39 Å². The normalized spacial score (nSPS) is 16.1. The zero-order chi connectivity index (χ0) is 9.35. The van der Waals surface area contributed by atoms with Crippen molar-refractivity contribution in [2.45, 2.75) is 19.5 Å². The predicted octanol–water partition coefficient (Wildman–Crippen LogP) is 0.872. The Bertz CT molecular complexity index is 278. The number of halogens is 1. The Hall–Kier alpha value is -0.900. The summed E-state index contributed by atoms with van der Waals surface area (Å²) in [5.41, 5.74) is 5.25. The van der Waals surface area contributed by atoms with E-state index in [2.05, 4.69) is 5.10 Å². The molecule has 1 unspecified atom stereocenters. The molecule has 1 aromatic rings. The second kappa shape index (κ2) is 2.86. The fraction of sp³-hybridized carbons (Fsp3) is 0.625. The molecule has 0 fully saturated rings. The van der Waals surface area contributed by atoms with Crippen LogP contribution < -0.4 is 5.73 Å². The number of hydrogen-bond acceptors (Lipinski definition) is 2. The van der Waals surface area contributed by atoms with Crippen LogP contribution >= 0.6 is 0 Å². The molecule has 1 rings (SSSR count). The number of hydrogen-bond donors (Lipinski definition) is 1. The fourth-order valence-corrected chi connectivity index (χ4v) is 1.12. The van der Waals surface area contributed by atoms with E-state index in [4.69, 9.17) is 5.73 Å². The third-order valence-electron chi connectivity index (χ3n) is 2.18. The zero-order valence-electron chi connectivity index (χ0n) is 7.63. The largest absolute Gasteiger partial charge is 0.327 e. The summed E-state index contributed by atoms with van der Waals surface area (Å²) in [6.07, 6.45) is 1.53. The molecule has 0 amide bonds. The maximum absolute atomic E-state index is 13.6. The zero-order valence-corrected chi connectivity index (χ0v) is 7.63. The van der Waals surface area contributed by atoms with Crippen LogP contribution in [0.1, 0.15) is 18.2 Å². The van der Waals surface area contributed by atoms with Gasteiger partial charge in [0, 0.05) is 24.8 Å². The van der Waals surface area contributed by atoms with Crippen LogP contribution in [0.3, 0.4) is 0 Å². The lowest BCUT2D eigenvalue weighted by Gasteiger charge is -2.17. The first-order chi connectivity index (χ1) is 5.49. The predicted molar refractivity (Wildman–Crippen MR) is 45.5 cm³/mol. The number of aromatic nitrogens is 2. The van der Waals surface area contributed by atoms with Crippen LogP contribution in [0.15, 0.2) is 6.20 Å². The minimum atomic E-state index is -1.46. The molecule has 0 radical (unpaired) electrons. The third kappa shape index (κ3) is 1.34. The van der Waals surface area contributed by atoms with Crippen LogP contribution in [-0.4, -0.2) is 16.3 Å². The molecule has 0 aliphatic heterocycles. The highest BCUT2D eigenvalue weighted by Crippen LogP contribution is 2.26. The van der Waals surface area contributed by atoms with Crippen molar-refractivity contribution in [3.8, 4) is 0 Å². The summed E-state index contributed by atoms with van der Waals surface area (Å²) in [5, 5.41) is 3.95. The smallest absolute Gasteiger partial charge is 0.148 e. The molecule has 68 valence electrons. The molecule has 0 aliphatic rings. The lowest BCUT2D eigenvalue weighted by atomic mass is 9.99. The summed E-state index contributed by atoms with van der Waals surface area (Å²) in [6.45, 7) is 3.28. The Kier molecular flexibility index (Phi) is 2.19. The average molecular weight is 171 g/mol. The molecule has 4 heteroatoms. The van der Waals surface area contributed by atoms with E-state index < -0.39 is 5.67 Å². The van der Waals surface area contributed by atoms with Gasteiger partial charge in [0.1, 0.15) is 5.67 Å². The number of nitrogens with two attached hydrogens (primary N) is 1. The van der Waals surface area contributed by atoms with E-state index in [-0.39, 0.29) is 6.54 Å². The van der Waals surface area contributed by atoms with E-state index in [1.54, 1.807) is 11.7 Å². The van der Waals surface area contributed by atoms with Gasteiger partial charge in [-0.2, -0.15) is 5.10 Å². The molecule has 0 saturated heterocycles. The van der Waals surface area contributed by atoms with Crippen LogP contribution in [0.2, 0.25) is 0 Å². The highest BCUT2D eigenvalue weighted by Gasteiger charge is 2.27. The van der Waals surface area contributed by atoms with Gasteiger partial charge in [-0.1, -0.05) is 0 Å². The standard InChI is InChI=1S/C8H14FN3/c1-6-7(4-11-12(6)3)8(2,9)5-10/h4H,5,10H2,1-3H3. The van der Waals surface area contributed by atoms with E-state index in [1.165, 1.54) is 13.1 Å². The van der Waals surface area contributed by atoms with E-state index in [0.29, 0.717) is 5.56 Å². The third-order valence-corrected chi connectivity index (χ3v) is 2.18. The summed E-state index contributed by atoms with van der Waals surface area (Å²) in [7, 11) is 1.78. The Labute approximate surface area is 71.4 Å². The van der Waals surface area contributed by atoms with Gasteiger partial charge in [-0.3, -0.25) is 4.68 Å². The maximum Gasteiger partial charge on any atom is 0.148 e. The average Bonchev–Trinajstić information content (AvgIpc) is 2.33. The lowest BCUT2D eigenvalue weighted by molar-refractivity contribution is 0.202. The molecule has 2 N–H and O–H groups in total. The van der Waals surface area contributed by atoms with Crippen molar-refractivity contribution < 1.29 is 4.39 Å². The van der Waals surface area contributed by atoms with E-state index >= 15 is 0 Å². The van der Waals surface area contributed by atoms with Crippen molar-refractivity contribution in [3.05, 3.63) is 17.5 Å². The summed E-state index contributed by atoms with van der Waals surface area (Å²) < 4.78 is 15.3. The first-order valence-electron chi connectivity index (χ1n) is 3.87. The maximum atomic E-state index is 13.6. The first-order valence-corrected chi connectivity index (χ1v) is 3.87. The second-order valence-corrected chi connectivity index (χ2v) is 3.17. The van der Waals surface area contributed by atoms with Crippen LogP contribution in [0, 0.1) is 6.92 Å². The van der Waals surface area contributed by atoms with E-state index in [9.17, 15) is 4.39 Å². The molecule has 0 aliphatic carbocycles. The molecular weight excluding hydrogens is 157 g/mol. The summed E-state index contributed by atoms with van der Waals surface area (Å²) >= 11 is 0. The van der Waals surface area contributed by atoms with Crippen LogP contribution in [0.4, 0.5) is 4.39 Å². The SMILES string of the molecule is Cc1c(C(C)(F)CN)cnn1C. The van der Waals surface area contributed by atoms with Crippen LogP contribution in [0.25, 0.3) is 0 Å². The van der Waals surface area contributed by atoms with Gasteiger partial charge in [0.2, 0.25) is 0 Å². The van der Waals surface area contributed by atoms with Crippen molar-refractivity contribution in [1.82, 2.24) is 9.78 Å². The molecule has 1 aromatic heterocycles. The highest BCUT2D eigenvalue weighted by molar-refractivity contribution is 5.23. The van der Waals surface area contributed by atoms with Crippen molar-refractivity contribution in [2.75, 3.05) is 6.54 Å². The quantitative estimate of drug-likeness (QED) is 0.717. The topological polar surface area (TPSA) is 43.8 Å². The van der Waals surface area contributed by atoms with Gasteiger partial charge in [0.25, 0.3) is 0 Å². The van der Waals surface area contributed by atoms with Crippen molar-refractivity contribution >= 4 is 0 Å². The molecule has 0 saturated carbocycles. The molecule has 1 heterocycles. The minimum Gasteiger partial charge on any atom is -0.327 e. The minimum absolute atomic E-state index is 0.0144. The highest BCUT2D eigenvalue weighted by atomic mass is 19.1. The molecular formula is C8H14FN3. The Morgan fingerprint density at radius 2 is 2.33 bits per heavy atom. The number of rotatable bonds is 2. The first kappa shape index (κ1) is 9.19. The Morgan fingerprint density at radius 3 is 2.67 bits per heavy atom. The monoisotopic (exact) mass is 171 g/mol. The van der Waals surface area contributed by atoms with E-state index in [1.807, 2.05) is 6.92 Å². The second-order valence-electron chi connectivity index (χ2n) is 3.17. The number of alkyl halides is 1. The van der Waals surface area contributed by atoms with Gasteiger partial charge in [0.05, 0.1) is 6.20 Å². The summed E-state index contributed by atoms with van der Waals surface area (Å²) in [6, 6.07) is 0. The van der Waals surface area contributed by atoms with Gasteiger partial charge >= 0.3 is 0 Å². The van der Waals surface area contributed by atoms with Gasteiger partial charge in [0.15, 0.2) is 0 Å². The molecule has 0 bridgehead atoms. The Morgan fingerprint density at radius 1 is 1.75 bits per heavy atom. The van der Waals surface area contributed by atoms with Crippen molar-refractivity contribution in [3.63, 3.8) is 0 Å².